The van der Waals surface area contributed by atoms with E-state index in [-0.39, 0.29) is 17.5 Å². The molecule has 1 aromatic carbocycles. The number of para-hydroxylation sites is 1. The van der Waals surface area contributed by atoms with E-state index < -0.39 is 5.82 Å². The summed E-state index contributed by atoms with van der Waals surface area (Å²) in [6.45, 7) is 5.34. The first-order chi connectivity index (χ1) is 11.5. The van der Waals surface area contributed by atoms with Gasteiger partial charge < -0.3 is 10.2 Å². The van der Waals surface area contributed by atoms with Crippen molar-refractivity contribution < 1.29 is 9.18 Å². The van der Waals surface area contributed by atoms with Crippen LogP contribution in [-0.4, -0.2) is 29.0 Å². The van der Waals surface area contributed by atoms with Crippen LogP contribution in [0.1, 0.15) is 24.2 Å². The lowest BCUT2D eigenvalue weighted by Gasteiger charge is -2.31. The summed E-state index contributed by atoms with van der Waals surface area (Å²) in [6, 6.07) is 8.17. The van der Waals surface area contributed by atoms with Crippen LogP contribution in [-0.2, 0) is 4.79 Å². The van der Waals surface area contributed by atoms with Gasteiger partial charge in [0.25, 0.3) is 0 Å². The molecule has 1 aromatic heterocycles. The van der Waals surface area contributed by atoms with Crippen molar-refractivity contribution in [1.29, 1.82) is 0 Å². The first-order valence-corrected chi connectivity index (χ1v) is 8.15. The highest BCUT2D eigenvalue weighted by molar-refractivity contribution is 5.92. The van der Waals surface area contributed by atoms with Crippen LogP contribution in [0.4, 0.5) is 16.0 Å². The summed E-state index contributed by atoms with van der Waals surface area (Å²) in [5.41, 5.74) is 2.12. The number of hydrogen-bond acceptors (Lipinski definition) is 4. The lowest BCUT2D eigenvalue weighted by atomic mass is 9.96. The number of rotatable bonds is 3. The Morgan fingerprint density at radius 3 is 2.42 bits per heavy atom. The number of benzene rings is 1. The molecule has 2 heterocycles. The summed E-state index contributed by atoms with van der Waals surface area (Å²) in [5.74, 6) is 0.0697. The maximum absolute atomic E-state index is 13.6. The van der Waals surface area contributed by atoms with Gasteiger partial charge in [-0.15, -0.1) is 0 Å². The lowest BCUT2D eigenvalue weighted by molar-refractivity contribution is -0.120. The standard InChI is InChI=1S/C18H21FN4O/c1-12-11-13(2)21-18(20-12)23-9-7-14(8-10-23)17(24)22-16-6-4-3-5-15(16)19/h3-6,11,14H,7-10H2,1-2H3,(H,22,24). The molecule has 1 aliphatic rings. The predicted octanol–water partition coefficient (Wildman–Crippen LogP) is 3.09. The van der Waals surface area contributed by atoms with Crippen LogP contribution >= 0.6 is 0 Å². The molecule has 24 heavy (non-hydrogen) atoms. The third kappa shape index (κ3) is 3.69. The minimum atomic E-state index is -0.410. The number of amides is 1. The topological polar surface area (TPSA) is 58.1 Å². The van der Waals surface area contributed by atoms with Crippen molar-refractivity contribution in [3.05, 3.63) is 47.5 Å². The molecule has 0 aliphatic carbocycles. The zero-order chi connectivity index (χ0) is 17.1. The molecule has 6 heteroatoms. The van der Waals surface area contributed by atoms with Crippen molar-refractivity contribution in [2.75, 3.05) is 23.3 Å². The molecule has 0 saturated carbocycles. The number of nitrogens with zero attached hydrogens (tertiary/aromatic N) is 3. The van der Waals surface area contributed by atoms with Gasteiger partial charge >= 0.3 is 0 Å². The van der Waals surface area contributed by atoms with E-state index in [4.69, 9.17) is 0 Å². The molecular weight excluding hydrogens is 307 g/mol. The summed E-state index contributed by atoms with van der Waals surface area (Å²) in [7, 11) is 0. The Kier molecular flexibility index (Phi) is 4.74. The normalized spacial score (nSPS) is 15.4. The molecule has 0 atom stereocenters. The van der Waals surface area contributed by atoms with E-state index >= 15 is 0 Å². The molecule has 1 saturated heterocycles. The van der Waals surface area contributed by atoms with Gasteiger partial charge in [0, 0.05) is 30.4 Å². The summed E-state index contributed by atoms with van der Waals surface area (Å²) < 4.78 is 13.6. The molecule has 1 fully saturated rings. The number of piperidine rings is 1. The van der Waals surface area contributed by atoms with Gasteiger partial charge in [-0.05, 0) is 44.9 Å². The van der Waals surface area contributed by atoms with E-state index in [2.05, 4.69) is 20.2 Å². The molecule has 2 aromatic rings. The summed E-state index contributed by atoms with van der Waals surface area (Å²) in [5, 5.41) is 2.69. The number of carbonyl (C=O) groups is 1. The average molecular weight is 328 g/mol. The monoisotopic (exact) mass is 328 g/mol. The van der Waals surface area contributed by atoms with Crippen molar-refractivity contribution in [3.63, 3.8) is 0 Å². The van der Waals surface area contributed by atoms with Gasteiger partial charge in [0.1, 0.15) is 5.82 Å². The Labute approximate surface area is 140 Å². The van der Waals surface area contributed by atoms with Crippen LogP contribution in [0.5, 0.6) is 0 Å². The third-order valence-corrected chi connectivity index (χ3v) is 4.25. The quantitative estimate of drug-likeness (QED) is 0.941. The molecule has 0 radical (unpaired) electrons. The Balaban J connectivity index is 1.60. The second-order valence-corrected chi connectivity index (χ2v) is 6.18. The fourth-order valence-corrected chi connectivity index (χ4v) is 2.99. The number of anilines is 2. The minimum Gasteiger partial charge on any atom is -0.341 e. The van der Waals surface area contributed by atoms with Crippen molar-refractivity contribution >= 4 is 17.5 Å². The van der Waals surface area contributed by atoms with Gasteiger partial charge in [0.05, 0.1) is 5.69 Å². The number of nitrogens with one attached hydrogen (secondary N) is 1. The number of halogens is 1. The van der Waals surface area contributed by atoms with Gasteiger partial charge in [-0.2, -0.15) is 0 Å². The van der Waals surface area contributed by atoms with E-state index in [1.54, 1.807) is 18.2 Å². The second kappa shape index (κ2) is 6.95. The highest BCUT2D eigenvalue weighted by Gasteiger charge is 2.26. The number of carbonyl (C=O) groups excluding carboxylic acids is 1. The van der Waals surface area contributed by atoms with E-state index in [1.165, 1.54) is 6.07 Å². The molecule has 0 unspecified atom stereocenters. The molecule has 3 rings (SSSR count). The predicted molar refractivity (Wildman–Crippen MR) is 91.5 cm³/mol. The van der Waals surface area contributed by atoms with Crippen LogP contribution < -0.4 is 10.2 Å². The Morgan fingerprint density at radius 2 is 1.79 bits per heavy atom. The maximum Gasteiger partial charge on any atom is 0.227 e. The fourth-order valence-electron chi connectivity index (χ4n) is 2.99. The highest BCUT2D eigenvalue weighted by atomic mass is 19.1. The molecule has 1 amide bonds. The number of hydrogen-bond donors (Lipinski definition) is 1. The zero-order valence-electron chi connectivity index (χ0n) is 13.9. The van der Waals surface area contributed by atoms with E-state index in [0.717, 1.165) is 30.4 Å². The molecular formula is C18H21FN4O. The second-order valence-electron chi connectivity index (χ2n) is 6.18. The molecule has 5 nitrogen and oxygen atoms in total. The van der Waals surface area contributed by atoms with Crippen molar-refractivity contribution in [2.45, 2.75) is 26.7 Å². The maximum atomic E-state index is 13.6. The van der Waals surface area contributed by atoms with Crippen LogP contribution in [0.25, 0.3) is 0 Å². The first-order valence-electron chi connectivity index (χ1n) is 8.15. The van der Waals surface area contributed by atoms with Crippen molar-refractivity contribution in [2.24, 2.45) is 5.92 Å². The van der Waals surface area contributed by atoms with Gasteiger partial charge in [-0.3, -0.25) is 4.79 Å². The third-order valence-electron chi connectivity index (χ3n) is 4.25. The Bertz CT molecular complexity index is 721. The van der Waals surface area contributed by atoms with E-state index in [0.29, 0.717) is 12.8 Å². The number of aryl methyl sites for hydroxylation is 2. The Morgan fingerprint density at radius 1 is 1.17 bits per heavy atom. The molecule has 1 N–H and O–H groups in total. The van der Waals surface area contributed by atoms with Crippen LogP contribution in [0, 0.1) is 25.6 Å². The first kappa shape index (κ1) is 16.4. The van der Waals surface area contributed by atoms with Gasteiger partial charge in [0.15, 0.2) is 0 Å². The van der Waals surface area contributed by atoms with E-state index in [1.807, 2.05) is 19.9 Å². The largest absolute Gasteiger partial charge is 0.341 e. The summed E-state index contributed by atoms with van der Waals surface area (Å²) in [6.07, 6.45) is 1.41. The molecule has 0 bridgehead atoms. The number of aromatic nitrogens is 2. The summed E-state index contributed by atoms with van der Waals surface area (Å²) >= 11 is 0. The van der Waals surface area contributed by atoms with Gasteiger partial charge in [-0.25, -0.2) is 14.4 Å². The fraction of sp³-hybridized carbons (Fsp3) is 0.389. The van der Waals surface area contributed by atoms with Crippen LogP contribution in [0.2, 0.25) is 0 Å². The van der Waals surface area contributed by atoms with Crippen molar-refractivity contribution in [1.82, 2.24) is 9.97 Å². The zero-order valence-corrected chi connectivity index (χ0v) is 13.9. The van der Waals surface area contributed by atoms with Crippen LogP contribution in [0.3, 0.4) is 0 Å². The highest BCUT2D eigenvalue weighted by Crippen LogP contribution is 2.23. The summed E-state index contributed by atoms with van der Waals surface area (Å²) in [4.78, 5) is 23.4. The SMILES string of the molecule is Cc1cc(C)nc(N2CCC(C(=O)Nc3ccccc3F)CC2)n1. The minimum absolute atomic E-state index is 0.119. The molecule has 0 spiro atoms. The smallest absolute Gasteiger partial charge is 0.227 e. The lowest BCUT2D eigenvalue weighted by Crippen LogP contribution is -2.39. The Hall–Kier alpha value is -2.50. The van der Waals surface area contributed by atoms with Gasteiger partial charge in [0.2, 0.25) is 11.9 Å². The molecule has 126 valence electrons. The van der Waals surface area contributed by atoms with Crippen LogP contribution in [0.15, 0.2) is 30.3 Å². The average Bonchev–Trinajstić information content (AvgIpc) is 2.56. The van der Waals surface area contributed by atoms with E-state index in [9.17, 15) is 9.18 Å². The van der Waals surface area contributed by atoms with Gasteiger partial charge in [-0.1, -0.05) is 12.1 Å². The van der Waals surface area contributed by atoms with Crippen molar-refractivity contribution in [3.8, 4) is 0 Å². The molecule has 1 aliphatic heterocycles.